The summed E-state index contributed by atoms with van der Waals surface area (Å²) in [5.41, 5.74) is 0.777. The summed E-state index contributed by atoms with van der Waals surface area (Å²) in [6.07, 6.45) is 7.51. The van der Waals surface area contributed by atoms with Crippen LogP contribution < -0.4 is 0 Å². The summed E-state index contributed by atoms with van der Waals surface area (Å²) in [5.74, 6) is 1.75. The molecule has 16 heavy (non-hydrogen) atoms. The van der Waals surface area contributed by atoms with Gasteiger partial charge in [-0.2, -0.15) is 0 Å². The van der Waals surface area contributed by atoms with Crippen LogP contribution in [-0.2, 0) is 9.47 Å². The predicted octanol–water partition coefficient (Wildman–Crippen LogP) is 2.76. The van der Waals surface area contributed by atoms with Crippen LogP contribution in [-0.4, -0.2) is 24.4 Å². The molecule has 90 valence electrons. The minimum atomic E-state index is 0.243. The molecule has 5 aliphatic rings. The number of rotatable bonds is 2. The Balaban J connectivity index is 1.54. The highest BCUT2D eigenvalue weighted by atomic mass is 16.6. The second-order valence-electron chi connectivity index (χ2n) is 6.94. The highest BCUT2D eigenvalue weighted by Crippen LogP contribution is 2.71. The maximum absolute atomic E-state index is 6.14. The summed E-state index contributed by atoms with van der Waals surface area (Å²) < 4.78 is 11.9. The summed E-state index contributed by atoms with van der Waals surface area (Å²) in [7, 11) is 0. The van der Waals surface area contributed by atoms with Crippen LogP contribution in [0.5, 0.6) is 0 Å². The van der Waals surface area contributed by atoms with Gasteiger partial charge in [0.15, 0.2) is 0 Å². The van der Waals surface area contributed by atoms with E-state index < -0.39 is 0 Å². The third-order valence-electron chi connectivity index (χ3n) is 5.98. The van der Waals surface area contributed by atoms with E-state index in [0.29, 0.717) is 17.6 Å². The van der Waals surface area contributed by atoms with Gasteiger partial charge in [0.2, 0.25) is 0 Å². The molecule has 3 aliphatic carbocycles. The second-order valence-corrected chi connectivity index (χ2v) is 6.94. The summed E-state index contributed by atoms with van der Waals surface area (Å²) in [4.78, 5) is 0. The standard InChI is InChI=1S/C14H22O2/c1-13(2)9-6-11(13)14(12(7-9)16-14)8-10-4-3-5-15-10/h9-12H,3-8H2,1-2H3/t9-,10-,11-,12+,14-/m1/s1. The van der Waals surface area contributed by atoms with E-state index in [1.54, 1.807) is 0 Å². The van der Waals surface area contributed by atoms with Crippen LogP contribution in [0.3, 0.4) is 0 Å². The fourth-order valence-corrected chi connectivity index (χ4v) is 4.77. The minimum Gasteiger partial charge on any atom is -0.378 e. The Hall–Kier alpha value is -0.0800. The zero-order valence-corrected chi connectivity index (χ0v) is 10.4. The Morgan fingerprint density at radius 1 is 1.25 bits per heavy atom. The SMILES string of the molecule is CC1(C)[C@H]2C[C@@H]3O[C@]3(C[C@H]3CCCO3)[C@@H]1C2. The van der Waals surface area contributed by atoms with Gasteiger partial charge in [-0.3, -0.25) is 0 Å². The lowest BCUT2D eigenvalue weighted by Gasteiger charge is -2.58. The molecule has 5 atom stereocenters. The van der Waals surface area contributed by atoms with Crippen molar-refractivity contribution < 1.29 is 9.47 Å². The van der Waals surface area contributed by atoms with Crippen molar-refractivity contribution in [1.82, 2.24) is 0 Å². The van der Waals surface area contributed by atoms with Crippen molar-refractivity contribution >= 4 is 0 Å². The molecule has 2 bridgehead atoms. The van der Waals surface area contributed by atoms with E-state index in [1.807, 2.05) is 0 Å². The fourth-order valence-electron chi connectivity index (χ4n) is 4.77. The molecule has 0 N–H and O–H groups in total. The van der Waals surface area contributed by atoms with E-state index in [0.717, 1.165) is 18.4 Å². The molecule has 5 fully saturated rings. The quantitative estimate of drug-likeness (QED) is 0.670. The fraction of sp³-hybridized carbons (Fsp3) is 1.00. The number of epoxide rings is 1. The van der Waals surface area contributed by atoms with Crippen LogP contribution in [0.2, 0.25) is 0 Å². The third-order valence-corrected chi connectivity index (χ3v) is 5.98. The van der Waals surface area contributed by atoms with E-state index in [1.165, 1.54) is 32.1 Å². The van der Waals surface area contributed by atoms with Crippen molar-refractivity contribution in [3.63, 3.8) is 0 Å². The molecule has 2 heteroatoms. The average Bonchev–Trinajstić information content (AvgIpc) is 2.74. The Morgan fingerprint density at radius 3 is 2.81 bits per heavy atom. The maximum atomic E-state index is 6.14. The first-order valence-electron chi connectivity index (χ1n) is 6.92. The normalized spacial score (nSPS) is 56.6. The molecular weight excluding hydrogens is 200 g/mol. The van der Waals surface area contributed by atoms with E-state index in [9.17, 15) is 0 Å². The van der Waals surface area contributed by atoms with E-state index in [4.69, 9.17) is 9.47 Å². The van der Waals surface area contributed by atoms with Crippen LogP contribution in [0.15, 0.2) is 0 Å². The maximum Gasteiger partial charge on any atom is 0.101 e. The Kier molecular flexibility index (Phi) is 1.76. The topological polar surface area (TPSA) is 21.8 Å². The molecule has 2 aliphatic heterocycles. The smallest absolute Gasteiger partial charge is 0.101 e. The Labute approximate surface area is 97.7 Å². The Bertz CT molecular complexity index is 319. The van der Waals surface area contributed by atoms with Crippen LogP contribution in [0.4, 0.5) is 0 Å². The van der Waals surface area contributed by atoms with Gasteiger partial charge in [0.05, 0.1) is 12.2 Å². The van der Waals surface area contributed by atoms with Crippen molar-refractivity contribution in [3.05, 3.63) is 0 Å². The zero-order valence-electron chi connectivity index (χ0n) is 10.4. The van der Waals surface area contributed by atoms with E-state index in [-0.39, 0.29) is 5.60 Å². The molecule has 0 amide bonds. The van der Waals surface area contributed by atoms with Gasteiger partial charge in [0.1, 0.15) is 5.60 Å². The number of hydrogen-bond donors (Lipinski definition) is 0. The Morgan fingerprint density at radius 2 is 2.12 bits per heavy atom. The van der Waals surface area contributed by atoms with Crippen LogP contribution in [0.1, 0.15) is 46.0 Å². The van der Waals surface area contributed by atoms with Gasteiger partial charge in [-0.25, -0.2) is 0 Å². The van der Waals surface area contributed by atoms with Gasteiger partial charge >= 0.3 is 0 Å². The van der Waals surface area contributed by atoms with Gasteiger partial charge in [0, 0.05) is 13.0 Å². The number of hydrogen-bond acceptors (Lipinski definition) is 2. The zero-order chi connectivity index (χ0) is 11.0. The third kappa shape index (κ3) is 1.06. The summed E-state index contributed by atoms with van der Waals surface area (Å²) >= 11 is 0. The van der Waals surface area contributed by atoms with Crippen molar-refractivity contribution in [2.75, 3.05) is 6.61 Å². The van der Waals surface area contributed by atoms with Crippen LogP contribution in [0.25, 0.3) is 0 Å². The highest BCUT2D eigenvalue weighted by Gasteiger charge is 2.74. The molecule has 0 unspecified atom stereocenters. The molecule has 0 aromatic heterocycles. The van der Waals surface area contributed by atoms with Gasteiger partial charge < -0.3 is 9.47 Å². The van der Waals surface area contributed by atoms with Crippen LogP contribution in [0, 0.1) is 17.3 Å². The number of ether oxygens (including phenoxy) is 2. The first-order chi connectivity index (χ1) is 7.63. The van der Waals surface area contributed by atoms with E-state index >= 15 is 0 Å². The summed E-state index contributed by atoms with van der Waals surface area (Å²) in [6.45, 7) is 5.87. The molecule has 0 radical (unpaired) electrons. The lowest BCUT2D eigenvalue weighted by molar-refractivity contribution is -0.0960. The lowest BCUT2D eigenvalue weighted by atomic mass is 9.45. The highest BCUT2D eigenvalue weighted by molar-refractivity contribution is 5.22. The average molecular weight is 222 g/mol. The minimum absolute atomic E-state index is 0.243. The molecule has 0 aromatic carbocycles. The first kappa shape index (κ1) is 9.90. The molecule has 0 aromatic rings. The molecule has 3 saturated carbocycles. The van der Waals surface area contributed by atoms with Gasteiger partial charge in [0.25, 0.3) is 0 Å². The molecule has 2 heterocycles. The van der Waals surface area contributed by atoms with Crippen molar-refractivity contribution in [3.8, 4) is 0 Å². The van der Waals surface area contributed by atoms with Crippen molar-refractivity contribution in [1.29, 1.82) is 0 Å². The largest absolute Gasteiger partial charge is 0.378 e. The lowest BCUT2D eigenvalue weighted by Crippen LogP contribution is -2.57. The van der Waals surface area contributed by atoms with Crippen molar-refractivity contribution in [2.24, 2.45) is 17.3 Å². The molecule has 0 spiro atoms. The summed E-state index contributed by atoms with van der Waals surface area (Å²) in [6, 6.07) is 0. The first-order valence-corrected chi connectivity index (χ1v) is 6.92. The molecule has 5 rings (SSSR count). The van der Waals surface area contributed by atoms with Crippen LogP contribution >= 0.6 is 0 Å². The predicted molar refractivity (Wildman–Crippen MR) is 61.2 cm³/mol. The van der Waals surface area contributed by atoms with E-state index in [2.05, 4.69) is 13.8 Å². The van der Waals surface area contributed by atoms with Crippen molar-refractivity contribution in [2.45, 2.75) is 63.8 Å². The van der Waals surface area contributed by atoms with Gasteiger partial charge in [-0.15, -0.1) is 0 Å². The molecule has 2 nitrogen and oxygen atoms in total. The summed E-state index contributed by atoms with van der Waals surface area (Å²) in [5, 5.41) is 0. The van der Waals surface area contributed by atoms with Gasteiger partial charge in [-0.05, 0) is 42.9 Å². The second kappa shape index (κ2) is 2.84. The monoisotopic (exact) mass is 222 g/mol. The molecule has 2 saturated heterocycles. The van der Waals surface area contributed by atoms with Gasteiger partial charge in [-0.1, -0.05) is 13.8 Å². The molecular formula is C14H22O2.